The van der Waals surface area contributed by atoms with E-state index in [1.54, 1.807) is 7.05 Å². The number of aliphatic carboxylic acids is 1. The van der Waals surface area contributed by atoms with E-state index in [9.17, 15) is 9.59 Å². The van der Waals surface area contributed by atoms with E-state index in [2.05, 4.69) is 0 Å². The molecule has 0 aromatic rings. The van der Waals surface area contributed by atoms with Crippen LogP contribution in [0, 0.1) is 5.92 Å². The van der Waals surface area contributed by atoms with Gasteiger partial charge in [-0.2, -0.15) is 0 Å². The standard InChI is InChI=1S/C11H19NO4/c1-7-6-9(4-5-16-7)10(13)12(3)8(2)11(14)15/h7-9H,4-6H2,1-3H3,(H,14,15). The molecule has 0 aliphatic carbocycles. The lowest BCUT2D eigenvalue weighted by molar-refractivity contribution is -0.151. The highest BCUT2D eigenvalue weighted by Crippen LogP contribution is 2.22. The van der Waals surface area contributed by atoms with Gasteiger partial charge in [0.1, 0.15) is 6.04 Å². The third-order valence-corrected chi connectivity index (χ3v) is 3.12. The molecule has 92 valence electrons. The average Bonchev–Trinajstić information content (AvgIpc) is 2.26. The van der Waals surface area contributed by atoms with Crippen molar-refractivity contribution >= 4 is 11.9 Å². The Morgan fingerprint density at radius 2 is 2.12 bits per heavy atom. The highest BCUT2D eigenvalue weighted by Gasteiger charge is 2.31. The van der Waals surface area contributed by atoms with Crippen LogP contribution < -0.4 is 0 Å². The van der Waals surface area contributed by atoms with Gasteiger partial charge in [-0.05, 0) is 26.7 Å². The third kappa shape index (κ3) is 2.95. The van der Waals surface area contributed by atoms with Crippen molar-refractivity contribution in [1.29, 1.82) is 0 Å². The molecule has 1 rings (SSSR count). The summed E-state index contributed by atoms with van der Waals surface area (Å²) in [6.07, 6.45) is 1.44. The van der Waals surface area contributed by atoms with Crippen molar-refractivity contribution in [3.05, 3.63) is 0 Å². The Kier molecular flexibility index (Phi) is 4.29. The molecule has 5 nitrogen and oxygen atoms in total. The molecule has 1 aliphatic rings. The number of ether oxygens (including phenoxy) is 1. The second kappa shape index (κ2) is 5.30. The van der Waals surface area contributed by atoms with E-state index in [4.69, 9.17) is 9.84 Å². The molecule has 0 aromatic carbocycles. The van der Waals surface area contributed by atoms with Crippen LogP contribution in [-0.4, -0.2) is 47.7 Å². The van der Waals surface area contributed by atoms with Gasteiger partial charge in [-0.15, -0.1) is 0 Å². The summed E-state index contributed by atoms with van der Waals surface area (Å²) in [7, 11) is 1.54. The molecule has 3 atom stereocenters. The number of carboxylic acid groups (broad SMARTS) is 1. The van der Waals surface area contributed by atoms with Gasteiger partial charge in [0.05, 0.1) is 6.10 Å². The van der Waals surface area contributed by atoms with Gasteiger partial charge in [-0.1, -0.05) is 0 Å². The van der Waals surface area contributed by atoms with E-state index in [-0.39, 0.29) is 17.9 Å². The molecule has 1 amide bonds. The summed E-state index contributed by atoms with van der Waals surface area (Å²) in [4.78, 5) is 24.1. The van der Waals surface area contributed by atoms with E-state index in [0.29, 0.717) is 19.4 Å². The smallest absolute Gasteiger partial charge is 0.326 e. The zero-order valence-electron chi connectivity index (χ0n) is 9.97. The van der Waals surface area contributed by atoms with Crippen LogP contribution in [0.4, 0.5) is 0 Å². The fourth-order valence-electron chi connectivity index (χ4n) is 1.87. The van der Waals surface area contributed by atoms with E-state index < -0.39 is 12.0 Å². The molecule has 0 spiro atoms. The summed E-state index contributed by atoms with van der Waals surface area (Å²) in [6, 6.07) is -0.773. The monoisotopic (exact) mass is 229 g/mol. The summed E-state index contributed by atoms with van der Waals surface area (Å²) in [5.41, 5.74) is 0. The number of likely N-dealkylation sites (N-methyl/N-ethyl adjacent to an activating group) is 1. The summed E-state index contributed by atoms with van der Waals surface area (Å²) >= 11 is 0. The van der Waals surface area contributed by atoms with E-state index >= 15 is 0 Å². The number of rotatable bonds is 3. The summed E-state index contributed by atoms with van der Waals surface area (Å²) in [5.74, 6) is -1.17. The van der Waals surface area contributed by atoms with Crippen molar-refractivity contribution in [2.24, 2.45) is 5.92 Å². The van der Waals surface area contributed by atoms with Crippen LogP contribution in [0.3, 0.4) is 0 Å². The van der Waals surface area contributed by atoms with Crippen LogP contribution in [0.15, 0.2) is 0 Å². The van der Waals surface area contributed by atoms with Gasteiger partial charge in [-0.25, -0.2) is 4.79 Å². The summed E-state index contributed by atoms with van der Waals surface area (Å²) in [5, 5.41) is 8.83. The third-order valence-electron chi connectivity index (χ3n) is 3.12. The average molecular weight is 229 g/mol. The maximum absolute atomic E-state index is 12.0. The SMILES string of the molecule is CC1CC(C(=O)N(C)C(C)C(=O)O)CCO1. The molecular formula is C11H19NO4. The summed E-state index contributed by atoms with van der Waals surface area (Å²) in [6.45, 7) is 4.02. The van der Waals surface area contributed by atoms with Gasteiger partial charge in [0, 0.05) is 19.6 Å². The minimum absolute atomic E-state index is 0.0798. The van der Waals surface area contributed by atoms with Crippen LogP contribution in [0.2, 0.25) is 0 Å². The Bertz CT molecular complexity index is 279. The van der Waals surface area contributed by atoms with Crippen LogP contribution in [-0.2, 0) is 14.3 Å². The lowest BCUT2D eigenvalue weighted by Gasteiger charge is -2.31. The molecule has 0 saturated carbocycles. The molecule has 1 heterocycles. The minimum Gasteiger partial charge on any atom is -0.480 e. The molecule has 1 aliphatic heterocycles. The van der Waals surface area contributed by atoms with E-state index in [1.165, 1.54) is 11.8 Å². The number of nitrogens with zero attached hydrogens (tertiary/aromatic N) is 1. The van der Waals surface area contributed by atoms with Crippen molar-refractivity contribution in [3.8, 4) is 0 Å². The molecular weight excluding hydrogens is 210 g/mol. The Hall–Kier alpha value is -1.10. The van der Waals surface area contributed by atoms with Gasteiger partial charge in [0.25, 0.3) is 0 Å². The number of carboxylic acids is 1. The predicted octanol–water partition coefficient (Wildman–Crippen LogP) is 0.733. The first-order valence-corrected chi connectivity index (χ1v) is 5.54. The number of hydrogen-bond acceptors (Lipinski definition) is 3. The van der Waals surface area contributed by atoms with Gasteiger partial charge >= 0.3 is 5.97 Å². The zero-order valence-corrected chi connectivity index (χ0v) is 9.97. The topological polar surface area (TPSA) is 66.8 Å². The maximum atomic E-state index is 12.0. The van der Waals surface area contributed by atoms with Crippen LogP contribution in [0.25, 0.3) is 0 Å². The molecule has 3 unspecified atom stereocenters. The maximum Gasteiger partial charge on any atom is 0.326 e. The highest BCUT2D eigenvalue weighted by atomic mass is 16.5. The lowest BCUT2D eigenvalue weighted by atomic mass is 9.94. The van der Waals surface area contributed by atoms with E-state index in [0.717, 1.165) is 0 Å². The number of hydrogen-bond donors (Lipinski definition) is 1. The van der Waals surface area contributed by atoms with Gasteiger partial charge in [0.2, 0.25) is 5.91 Å². The number of carbonyl (C=O) groups is 2. The molecule has 1 saturated heterocycles. The molecule has 0 aromatic heterocycles. The highest BCUT2D eigenvalue weighted by molar-refractivity contribution is 5.84. The Morgan fingerprint density at radius 3 is 2.62 bits per heavy atom. The lowest BCUT2D eigenvalue weighted by Crippen LogP contribution is -2.45. The van der Waals surface area contributed by atoms with Gasteiger partial charge in [0.15, 0.2) is 0 Å². The van der Waals surface area contributed by atoms with Gasteiger partial charge < -0.3 is 14.7 Å². The number of carbonyl (C=O) groups excluding carboxylic acids is 1. The fourth-order valence-corrected chi connectivity index (χ4v) is 1.87. The first kappa shape index (κ1) is 13.0. The van der Waals surface area contributed by atoms with Crippen molar-refractivity contribution in [1.82, 2.24) is 4.90 Å². The van der Waals surface area contributed by atoms with Crippen LogP contribution in [0.1, 0.15) is 26.7 Å². The number of amides is 1. The Labute approximate surface area is 95.4 Å². The van der Waals surface area contributed by atoms with Gasteiger partial charge in [-0.3, -0.25) is 4.79 Å². The minimum atomic E-state index is -0.976. The second-order valence-electron chi connectivity index (χ2n) is 4.37. The molecule has 1 N–H and O–H groups in total. The molecule has 5 heteroatoms. The quantitative estimate of drug-likeness (QED) is 0.774. The zero-order chi connectivity index (χ0) is 12.3. The first-order chi connectivity index (χ1) is 7.43. The summed E-state index contributed by atoms with van der Waals surface area (Å²) < 4.78 is 5.36. The predicted molar refractivity (Wildman–Crippen MR) is 58.0 cm³/mol. The molecule has 0 bridgehead atoms. The van der Waals surface area contributed by atoms with Crippen LogP contribution >= 0.6 is 0 Å². The fraction of sp³-hybridized carbons (Fsp3) is 0.818. The first-order valence-electron chi connectivity index (χ1n) is 5.54. The van der Waals surface area contributed by atoms with Crippen molar-refractivity contribution in [2.45, 2.75) is 38.8 Å². The van der Waals surface area contributed by atoms with Crippen molar-refractivity contribution < 1.29 is 19.4 Å². The second-order valence-corrected chi connectivity index (χ2v) is 4.37. The largest absolute Gasteiger partial charge is 0.480 e. The molecule has 16 heavy (non-hydrogen) atoms. The molecule has 1 fully saturated rings. The Balaban J connectivity index is 2.59. The van der Waals surface area contributed by atoms with Crippen molar-refractivity contribution in [2.75, 3.05) is 13.7 Å². The van der Waals surface area contributed by atoms with E-state index in [1.807, 2.05) is 6.92 Å². The molecule has 0 radical (unpaired) electrons. The normalized spacial score (nSPS) is 27.2. The Morgan fingerprint density at radius 1 is 1.50 bits per heavy atom. The van der Waals surface area contributed by atoms with Crippen LogP contribution in [0.5, 0.6) is 0 Å². The van der Waals surface area contributed by atoms with Crippen molar-refractivity contribution in [3.63, 3.8) is 0 Å².